The quantitative estimate of drug-likeness (QED) is 0.825. The Morgan fingerprint density at radius 3 is 2.54 bits per heavy atom. The fraction of sp³-hybridized carbons (Fsp3) is 0.263. The highest BCUT2D eigenvalue weighted by Crippen LogP contribution is 2.30. The smallest absolute Gasteiger partial charge is 0.225 e. The van der Waals surface area contributed by atoms with E-state index in [2.05, 4.69) is 5.32 Å². The highest BCUT2D eigenvalue weighted by Gasteiger charge is 2.25. The maximum atomic E-state index is 13.2. The van der Waals surface area contributed by atoms with Crippen molar-refractivity contribution in [1.29, 1.82) is 0 Å². The second-order valence-electron chi connectivity index (χ2n) is 6.46. The maximum absolute atomic E-state index is 13.2. The number of fused-ring (bicyclic) bond motifs is 1. The third kappa shape index (κ3) is 4.19. The minimum Gasteiger partial charge on any atom is -0.326 e. The van der Waals surface area contributed by atoms with E-state index in [0.29, 0.717) is 18.7 Å². The summed E-state index contributed by atoms with van der Waals surface area (Å²) in [6.45, 7) is 1.95. The lowest BCUT2D eigenvalue weighted by molar-refractivity contribution is -0.117. The number of nitrogens with zero attached hydrogens (tertiary/aromatic N) is 1. The molecule has 2 amide bonds. The van der Waals surface area contributed by atoms with Crippen molar-refractivity contribution in [1.82, 2.24) is 0 Å². The van der Waals surface area contributed by atoms with Gasteiger partial charge in [0.2, 0.25) is 11.8 Å². The van der Waals surface area contributed by atoms with Crippen molar-refractivity contribution >= 4 is 33.0 Å². The Kier molecular flexibility index (Phi) is 5.46. The predicted molar refractivity (Wildman–Crippen MR) is 99.8 cm³/mol. The van der Waals surface area contributed by atoms with E-state index in [1.165, 1.54) is 25.1 Å². The normalized spacial score (nSPS) is 13.3. The molecule has 1 heterocycles. The lowest BCUT2D eigenvalue weighted by Gasteiger charge is -2.15. The van der Waals surface area contributed by atoms with Gasteiger partial charge in [-0.3, -0.25) is 9.59 Å². The molecule has 1 aliphatic heterocycles. The van der Waals surface area contributed by atoms with E-state index in [1.807, 2.05) is 0 Å². The summed E-state index contributed by atoms with van der Waals surface area (Å²) < 4.78 is 51.1. The number of benzene rings is 2. The van der Waals surface area contributed by atoms with Crippen LogP contribution in [0.1, 0.15) is 18.9 Å². The van der Waals surface area contributed by atoms with Crippen LogP contribution in [0.2, 0.25) is 0 Å². The molecular formula is C19H18F2N2O4S. The van der Waals surface area contributed by atoms with Gasteiger partial charge < -0.3 is 10.2 Å². The van der Waals surface area contributed by atoms with Gasteiger partial charge >= 0.3 is 0 Å². The molecule has 1 aliphatic rings. The summed E-state index contributed by atoms with van der Waals surface area (Å²) in [6.07, 6.45) is 0.229. The number of carbonyl (C=O) groups excluding carboxylic acids is 2. The van der Waals surface area contributed by atoms with Gasteiger partial charge in [-0.25, -0.2) is 17.2 Å². The summed E-state index contributed by atoms with van der Waals surface area (Å²) in [4.78, 5) is 25.2. The van der Waals surface area contributed by atoms with Crippen LogP contribution in [0, 0.1) is 11.6 Å². The highest BCUT2D eigenvalue weighted by molar-refractivity contribution is 7.91. The van der Waals surface area contributed by atoms with E-state index in [1.54, 1.807) is 11.0 Å². The van der Waals surface area contributed by atoms with Crippen LogP contribution in [0.15, 0.2) is 41.3 Å². The average Bonchev–Trinajstić information content (AvgIpc) is 3.07. The molecule has 28 heavy (non-hydrogen) atoms. The monoisotopic (exact) mass is 408 g/mol. The molecule has 1 N–H and O–H groups in total. The number of anilines is 2. The van der Waals surface area contributed by atoms with Crippen molar-refractivity contribution in [2.75, 3.05) is 22.5 Å². The molecule has 2 aromatic carbocycles. The number of sulfone groups is 1. The molecule has 0 aliphatic carbocycles. The van der Waals surface area contributed by atoms with Crippen molar-refractivity contribution in [2.45, 2.75) is 24.7 Å². The Labute approximate surface area is 161 Å². The Morgan fingerprint density at radius 1 is 1.11 bits per heavy atom. The van der Waals surface area contributed by atoms with Gasteiger partial charge in [0.05, 0.1) is 10.6 Å². The molecule has 0 aromatic heterocycles. The molecule has 0 atom stereocenters. The van der Waals surface area contributed by atoms with Crippen molar-refractivity contribution in [3.8, 4) is 0 Å². The van der Waals surface area contributed by atoms with Crippen molar-refractivity contribution < 1.29 is 26.8 Å². The maximum Gasteiger partial charge on any atom is 0.225 e. The SMILES string of the molecule is CC(=O)N1CCc2cc(S(=O)(=O)CCC(=O)Nc3ccc(F)c(F)c3)ccc21. The fourth-order valence-corrected chi connectivity index (χ4v) is 4.33. The number of nitrogens with one attached hydrogen (secondary N) is 1. The Morgan fingerprint density at radius 2 is 1.86 bits per heavy atom. The zero-order chi connectivity index (χ0) is 20.5. The van der Waals surface area contributed by atoms with Crippen LogP contribution in [0.3, 0.4) is 0 Å². The van der Waals surface area contributed by atoms with E-state index in [0.717, 1.165) is 17.7 Å². The summed E-state index contributed by atoms with van der Waals surface area (Å²) in [5.41, 5.74) is 1.51. The number of amides is 2. The molecule has 0 unspecified atom stereocenters. The number of hydrogen-bond acceptors (Lipinski definition) is 4. The van der Waals surface area contributed by atoms with Crippen LogP contribution in [0.4, 0.5) is 20.2 Å². The van der Waals surface area contributed by atoms with Gasteiger partial charge in [-0.1, -0.05) is 0 Å². The van der Waals surface area contributed by atoms with Crippen LogP contribution in [0.5, 0.6) is 0 Å². The molecule has 9 heteroatoms. The van der Waals surface area contributed by atoms with E-state index in [-0.39, 0.29) is 22.9 Å². The number of halogens is 2. The van der Waals surface area contributed by atoms with E-state index in [4.69, 9.17) is 0 Å². The highest BCUT2D eigenvalue weighted by atomic mass is 32.2. The molecule has 6 nitrogen and oxygen atoms in total. The largest absolute Gasteiger partial charge is 0.326 e. The van der Waals surface area contributed by atoms with Crippen LogP contribution in [0.25, 0.3) is 0 Å². The molecule has 0 saturated carbocycles. The van der Waals surface area contributed by atoms with E-state index in [9.17, 15) is 26.8 Å². The first kappa shape index (κ1) is 19.9. The standard InChI is InChI=1S/C19H18F2N2O4S/c1-12(24)23-8-6-13-10-15(3-5-18(13)23)28(26,27)9-7-19(25)22-14-2-4-16(20)17(21)11-14/h2-5,10-11H,6-9H2,1H3,(H,22,25). The minimum atomic E-state index is -3.72. The molecule has 0 radical (unpaired) electrons. The molecule has 0 spiro atoms. The Hall–Kier alpha value is -2.81. The average molecular weight is 408 g/mol. The lowest BCUT2D eigenvalue weighted by atomic mass is 10.2. The van der Waals surface area contributed by atoms with Gasteiger partial charge in [-0.2, -0.15) is 0 Å². The van der Waals surface area contributed by atoms with Crippen LogP contribution in [-0.4, -0.2) is 32.5 Å². The van der Waals surface area contributed by atoms with Gasteiger partial charge in [0, 0.05) is 37.3 Å². The first-order chi connectivity index (χ1) is 13.2. The zero-order valence-electron chi connectivity index (χ0n) is 15.0. The molecule has 3 rings (SSSR count). The van der Waals surface area contributed by atoms with Crippen molar-refractivity contribution in [2.24, 2.45) is 0 Å². The molecule has 2 aromatic rings. The summed E-state index contributed by atoms with van der Waals surface area (Å²) in [6, 6.07) is 7.42. The van der Waals surface area contributed by atoms with Gasteiger partial charge in [0.15, 0.2) is 21.5 Å². The van der Waals surface area contributed by atoms with Gasteiger partial charge in [-0.05, 0) is 42.3 Å². The van der Waals surface area contributed by atoms with Gasteiger partial charge in [0.25, 0.3) is 0 Å². The Balaban J connectivity index is 1.66. The van der Waals surface area contributed by atoms with E-state index >= 15 is 0 Å². The van der Waals surface area contributed by atoms with E-state index < -0.39 is 33.1 Å². The van der Waals surface area contributed by atoms with Crippen molar-refractivity contribution in [3.05, 3.63) is 53.6 Å². The topological polar surface area (TPSA) is 83.6 Å². The van der Waals surface area contributed by atoms with Gasteiger partial charge in [0.1, 0.15) is 0 Å². The first-order valence-corrected chi connectivity index (χ1v) is 10.2. The fourth-order valence-electron chi connectivity index (χ4n) is 3.04. The minimum absolute atomic E-state index is 0.0446. The third-order valence-corrected chi connectivity index (χ3v) is 6.20. The first-order valence-electron chi connectivity index (χ1n) is 8.56. The number of hydrogen-bond donors (Lipinski definition) is 1. The molecular weight excluding hydrogens is 390 g/mol. The Bertz CT molecular complexity index is 1050. The molecule has 148 valence electrons. The summed E-state index contributed by atoms with van der Waals surface area (Å²) in [5, 5.41) is 2.34. The van der Waals surface area contributed by atoms with Crippen LogP contribution < -0.4 is 10.2 Å². The summed E-state index contributed by atoms with van der Waals surface area (Å²) in [5.74, 6) is -3.32. The zero-order valence-corrected chi connectivity index (χ0v) is 15.9. The second-order valence-corrected chi connectivity index (χ2v) is 8.57. The summed E-state index contributed by atoms with van der Waals surface area (Å²) in [7, 11) is -3.72. The molecule has 0 bridgehead atoms. The van der Waals surface area contributed by atoms with Crippen molar-refractivity contribution in [3.63, 3.8) is 0 Å². The van der Waals surface area contributed by atoms with Crippen LogP contribution >= 0.6 is 0 Å². The third-order valence-electron chi connectivity index (χ3n) is 4.49. The van der Waals surface area contributed by atoms with Crippen LogP contribution in [-0.2, 0) is 25.8 Å². The predicted octanol–water partition coefficient (Wildman–Crippen LogP) is 2.68. The molecule has 0 fully saturated rings. The summed E-state index contributed by atoms with van der Waals surface area (Å²) >= 11 is 0. The number of carbonyl (C=O) groups is 2. The molecule has 0 saturated heterocycles. The lowest BCUT2D eigenvalue weighted by Crippen LogP contribution is -2.25. The number of rotatable bonds is 5. The second kappa shape index (κ2) is 7.67. The van der Waals surface area contributed by atoms with Gasteiger partial charge in [-0.15, -0.1) is 0 Å².